The summed E-state index contributed by atoms with van der Waals surface area (Å²) in [5.74, 6) is 1.48. The van der Waals surface area contributed by atoms with E-state index < -0.39 is 0 Å². The van der Waals surface area contributed by atoms with Gasteiger partial charge in [0.25, 0.3) is 0 Å². The largest absolute Gasteiger partial charge is 0.363 e. The second-order valence-corrected chi connectivity index (χ2v) is 7.06. The minimum Gasteiger partial charge on any atom is -0.363 e. The van der Waals surface area contributed by atoms with Crippen LogP contribution in [-0.4, -0.2) is 47.4 Å². The SMILES string of the molecule is Cc1ccc(N2CC[C@H]3C[C@H](C(=O)NC4CCC4)O[C@@H]3C2)nn1. The number of anilines is 1. The minimum atomic E-state index is -0.269. The van der Waals surface area contributed by atoms with Gasteiger partial charge in [-0.3, -0.25) is 4.79 Å². The molecule has 1 amide bonds. The summed E-state index contributed by atoms with van der Waals surface area (Å²) in [4.78, 5) is 14.5. The maximum Gasteiger partial charge on any atom is 0.249 e. The Morgan fingerprint density at radius 2 is 2.17 bits per heavy atom. The number of hydrogen-bond donors (Lipinski definition) is 1. The average molecular weight is 316 g/mol. The average Bonchev–Trinajstić information content (AvgIpc) is 2.94. The third kappa shape index (κ3) is 3.04. The Bertz CT molecular complexity index is 572. The molecule has 1 aromatic rings. The zero-order valence-electron chi connectivity index (χ0n) is 13.6. The van der Waals surface area contributed by atoms with Gasteiger partial charge in [-0.15, -0.1) is 5.10 Å². The highest BCUT2D eigenvalue weighted by molar-refractivity contribution is 5.81. The topological polar surface area (TPSA) is 67.4 Å². The molecule has 3 heterocycles. The highest BCUT2D eigenvalue weighted by atomic mass is 16.5. The van der Waals surface area contributed by atoms with Gasteiger partial charge < -0.3 is 15.0 Å². The summed E-state index contributed by atoms with van der Waals surface area (Å²) < 4.78 is 6.07. The molecule has 1 aromatic heterocycles. The maximum absolute atomic E-state index is 12.3. The smallest absolute Gasteiger partial charge is 0.249 e. The maximum atomic E-state index is 12.3. The van der Waals surface area contributed by atoms with E-state index in [-0.39, 0.29) is 18.1 Å². The lowest BCUT2D eigenvalue weighted by molar-refractivity contribution is -0.133. The molecule has 0 spiro atoms. The van der Waals surface area contributed by atoms with Gasteiger partial charge in [0.1, 0.15) is 6.10 Å². The van der Waals surface area contributed by atoms with E-state index in [0.717, 1.165) is 50.3 Å². The van der Waals surface area contributed by atoms with Crippen molar-refractivity contribution in [2.75, 3.05) is 18.0 Å². The summed E-state index contributed by atoms with van der Waals surface area (Å²) >= 11 is 0. The number of aryl methyl sites for hydroxylation is 1. The molecule has 3 atom stereocenters. The standard InChI is InChI=1S/C17H24N4O2/c1-11-5-6-16(20-19-11)21-8-7-12-9-14(23-15(12)10-21)17(22)18-13-3-2-4-13/h5-6,12-15H,2-4,7-10H2,1H3,(H,18,22)/t12-,14+,15+/m0/s1. The molecule has 6 nitrogen and oxygen atoms in total. The Balaban J connectivity index is 1.36. The first-order valence-corrected chi connectivity index (χ1v) is 8.70. The highest BCUT2D eigenvalue weighted by Crippen LogP contribution is 2.34. The van der Waals surface area contributed by atoms with Crippen molar-refractivity contribution in [2.45, 2.75) is 57.3 Å². The lowest BCUT2D eigenvalue weighted by atomic mass is 9.90. The van der Waals surface area contributed by atoms with Gasteiger partial charge in [0.2, 0.25) is 5.91 Å². The minimum absolute atomic E-state index is 0.0887. The molecule has 124 valence electrons. The fraction of sp³-hybridized carbons (Fsp3) is 0.706. The Hall–Kier alpha value is -1.69. The van der Waals surface area contributed by atoms with Crippen molar-refractivity contribution < 1.29 is 9.53 Å². The Morgan fingerprint density at radius 3 is 2.87 bits per heavy atom. The number of amides is 1. The molecule has 2 saturated heterocycles. The van der Waals surface area contributed by atoms with E-state index >= 15 is 0 Å². The molecule has 4 rings (SSSR count). The van der Waals surface area contributed by atoms with E-state index in [1.54, 1.807) is 0 Å². The number of carbonyl (C=O) groups excluding carboxylic acids is 1. The van der Waals surface area contributed by atoms with Crippen molar-refractivity contribution in [3.05, 3.63) is 17.8 Å². The predicted molar refractivity (Wildman–Crippen MR) is 86.1 cm³/mol. The molecule has 23 heavy (non-hydrogen) atoms. The van der Waals surface area contributed by atoms with Crippen molar-refractivity contribution in [3.63, 3.8) is 0 Å². The fourth-order valence-corrected chi connectivity index (χ4v) is 3.71. The predicted octanol–water partition coefficient (Wildman–Crippen LogP) is 1.44. The lowest BCUT2D eigenvalue weighted by Gasteiger charge is -2.34. The van der Waals surface area contributed by atoms with Crippen LogP contribution in [0.3, 0.4) is 0 Å². The Kier molecular flexibility index (Phi) is 3.93. The van der Waals surface area contributed by atoms with Crippen LogP contribution < -0.4 is 10.2 Å². The number of piperidine rings is 1. The van der Waals surface area contributed by atoms with E-state index in [1.165, 1.54) is 6.42 Å². The molecule has 2 aliphatic heterocycles. The molecule has 1 aliphatic carbocycles. The number of nitrogens with zero attached hydrogens (tertiary/aromatic N) is 3. The number of carbonyl (C=O) groups is 1. The molecule has 3 fully saturated rings. The first-order valence-electron chi connectivity index (χ1n) is 8.70. The Labute approximate surface area is 136 Å². The van der Waals surface area contributed by atoms with Gasteiger partial charge in [-0.2, -0.15) is 5.10 Å². The fourth-order valence-electron chi connectivity index (χ4n) is 3.71. The van der Waals surface area contributed by atoms with Crippen LogP contribution in [0.15, 0.2) is 12.1 Å². The first-order chi connectivity index (χ1) is 11.2. The van der Waals surface area contributed by atoms with Crippen LogP contribution in [0.4, 0.5) is 5.82 Å². The molecule has 0 radical (unpaired) electrons. The quantitative estimate of drug-likeness (QED) is 0.914. The molecule has 0 bridgehead atoms. The lowest BCUT2D eigenvalue weighted by Crippen LogP contribution is -2.45. The number of aromatic nitrogens is 2. The molecule has 3 aliphatic rings. The summed E-state index contributed by atoms with van der Waals surface area (Å²) in [5.41, 5.74) is 0.925. The van der Waals surface area contributed by atoms with Crippen LogP contribution in [0, 0.1) is 12.8 Å². The molecular formula is C17H24N4O2. The zero-order valence-corrected chi connectivity index (χ0v) is 13.6. The number of ether oxygens (including phenoxy) is 1. The number of rotatable bonds is 3. The number of nitrogens with one attached hydrogen (secondary N) is 1. The third-order valence-corrected chi connectivity index (χ3v) is 5.40. The van der Waals surface area contributed by atoms with Crippen LogP contribution in [-0.2, 0) is 9.53 Å². The molecular weight excluding hydrogens is 292 g/mol. The molecule has 1 saturated carbocycles. The van der Waals surface area contributed by atoms with Gasteiger partial charge in [0.05, 0.1) is 11.8 Å². The van der Waals surface area contributed by atoms with E-state index in [9.17, 15) is 4.79 Å². The second kappa shape index (κ2) is 6.07. The second-order valence-electron chi connectivity index (χ2n) is 7.06. The van der Waals surface area contributed by atoms with Gasteiger partial charge in [0.15, 0.2) is 5.82 Å². The molecule has 0 unspecified atom stereocenters. The van der Waals surface area contributed by atoms with Crippen molar-refractivity contribution in [1.82, 2.24) is 15.5 Å². The van der Waals surface area contributed by atoms with Crippen LogP contribution in [0.2, 0.25) is 0 Å². The van der Waals surface area contributed by atoms with Crippen LogP contribution in [0.25, 0.3) is 0 Å². The molecule has 0 aromatic carbocycles. The van der Waals surface area contributed by atoms with Crippen molar-refractivity contribution in [1.29, 1.82) is 0 Å². The van der Waals surface area contributed by atoms with Crippen molar-refractivity contribution >= 4 is 11.7 Å². The summed E-state index contributed by atoms with van der Waals surface area (Å²) in [7, 11) is 0. The zero-order chi connectivity index (χ0) is 15.8. The van der Waals surface area contributed by atoms with Gasteiger partial charge >= 0.3 is 0 Å². The Morgan fingerprint density at radius 1 is 1.30 bits per heavy atom. The summed E-state index contributed by atoms with van der Waals surface area (Å²) in [5, 5.41) is 11.5. The third-order valence-electron chi connectivity index (χ3n) is 5.40. The highest BCUT2D eigenvalue weighted by Gasteiger charge is 2.42. The monoisotopic (exact) mass is 316 g/mol. The molecule has 1 N–H and O–H groups in total. The van der Waals surface area contributed by atoms with E-state index in [2.05, 4.69) is 20.4 Å². The van der Waals surface area contributed by atoms with Gasteiger partial charge in [0, 0.05) is 19.1 Å². The van der Waals surface area contributed by atoms with Crippen LogP contribution in [0.5, 0.6) is 0 Å². The van der Waals surface area contributed by atoms with Crippen molar-refractivity contribution in [3.8, 4) is 0 Å². The summed E-state index contributed by atoms with van der Waals surface area (Å²) in [6.07, 6.45) is 5.23. The normalized spacial score (nSPS) is 30.7. The van der Waals surface area contributed by atoms with Crippen molar-refractivity contribution in [2.24, 2.45) is 5.92 Å². The van der Waals surface area contributed by atoms with Crippen LogP contribution in [0.1, 0.15) is 37.8 Å². The van der Waals surface area contributed by atoms with Crippen LogP contribution >= 0.6 is 0 Å². The number of hydrogen-bond acceptors (Lipinski definition) is 5. The summed E-state index contributed by atoms with van der Waals surface area (Å²) in [6, 6.07) is 4.38. The van der Waals surface area contributed by atoms with E-state index in [1.807, 2.05) is 19.1 Å². The van der Waals surface area contributed by atoms with Gasteiger partial charge in [-0.05, 0) is 57.1 Å². The van der Waals surface area contributed by atoms with Gasteiger partial charge in [-0.1, -0.05) is 0 Å². The summed E-state index contributed by atoms with van der Waals surface area (Å²) in [6.45, 7) is 3.70. The number of fused-ring (bicyclic) bond motifs is 1. The van der Waals surface area contributed by atoms with E-state index in [4.69, 9.17) is 4.74 Å². The first kappa shape index (κ1) is 14.9. The van der Waals surface area contributed by atoms with Gasteiger partial charge in [-0.25, -0.2) is 0 Å². The molecule has 6 heteroatoms. The van der Waals surface area contributed by atoms with E-state index in [0.29, 0.717) is 12.0 Å².